The second kappa shape index (κ2) is 28.3. The molecule has 8 heterocycles. The van der Waals surface area contributed by atoms with E-state index in [9.17, 15) is 8.42 Å². The minimum atomic E-state index is -3.54. The molecule has 1 saturated carbocycles. The third-order valence-corrected chi connectivity index (χ3v) is 16.7. The van der Waals surface area contributed by atoms with Crippen molar-refractivity contribution in [3.63, 3.8) is 0 Å². The Morgan fingerprint density at radius 3 is 1.79 bits per heavy atom. The van der Waals surface area contributed by atoms with Crippen LogP contribution in [0.1, 0.15) is 142 Å². The first-order valence-electron chi connectivity index (χ1n) is 28.2. The van der Waals surface area contributed by atoms with E-state index in [1.54, 1.807) is 12.3 Å². The van der Waals surface area contributed by atoms with Crippen molar-refractivity contribution in [3.05, 3.63) is 36.0 Å². The number of hydrogen-bond donors (Lipinski definition) is 2. The summed E-state index contributed by atoms with van der Waals surface area (Å²) in [6.07, 6.45) is 28.3. The Morgan fingerprint density at radius 1 is 0.700 bits per heavy atom. The van der Waals surface area contributed by atoms with Gasteiger partial charge in [0.05, 0.1) is 57.4 Å². The van der Waals surface area contributed by atoms with Crippen molar-refractivity contribution in [2.24, 2.45) is 0 Å². The van der Waals surface area contributed by atoms with Gasteiger partial charge in [0.1, 0.15) is 5.69 Å². The number of methoxy groups -OCH3 is 1. The number of para-hydroxylation sites is 1. The molecule has 0 radical (unpaired) electrons. The van der Waals surface area contributed by atoms with Crippen LogP contribution in [0.5, 0.6) is 5.88 Å². The second-order valence-corrected chi connectivity index (χ2v) is 22.6. The molecule has 70 heavy (non-hydrogen) atoms. The number of rotatable bonds is 11. The Kier molecular flexibility index (Phi) is 22.1. The number of likely N-dealkylation sites (tertiary alicyclic amines) is 5. The van der Waals surface area contributed by atoms with Gasteiger partial charge in [-0.25, -0.2) is 23.4 Å². The molecule has 15 heteroatoms. The number of aromatic nitrogens is 3. The number of hydrogen-bond acceptors (Lipinski definition) is 12. The van der Waals surface area contributed by atoms with Crippen LogP contribution in [0, 0.1) is 0 Å². The molecule has 10 rings (SSSR count). The van der Waals surface area contributed by atoms with Gasteiger partial charge in [0.2, 0.25) is 21.9 Å². The molecule has 14 nitrogen and oxygen atoms in total. The molecule has 1 aliphatic carbocycles. The van der Waals surface area contributed by atoms with Crippen LogP contribution >= 0.6 is 0 Å². The third-order valence-electron chi connectivity index (χ3n) is 16.1. The summed E-state index contributed by atoms with van der Waals surface area (Å²) in [5.41, 5.74) is 3.74. The standard InChI is InChI=1S/C30H41N7O4S.C12H24N2.C11H21N.C2H6/c1-40-29-26(34-42(2,38)39)19-23(20-31-29)28-25-8-6-7-22(27(25)32-30(33-28)37-15-17-41-18-16-37)21-35-13-9-24(10-14-35)36-11-4-3-5-12-36;1-2-13-10-6-12(7-11-13)14-8-4-3-5-9-14;1-3-7-11(8-4-1)12-9-5-2-6-10-12;1-2/h6-8,19-20,24,34H,3-5,9-18,21H2,1-2H3;12H,2-11H2,1H3;11H,1-10H2;1-2H3/p+1. The Morgan fingerprint density at radius 2 is 1.24 bits per heavy atom. The topological polar surface area (TPSA) is 124 Å². The summed E-state index contributed by atoms with van der Waals surface area (Å²) in [7, 11) is -2.08. The van der Waals surface area contributed by atoms with E-state index in [1.807, 2.05) is 24.8 Å². The van der Waals surface area contributed by atoms with Crippen LogP contribution in [0.2, 0.25) is 0 Å². The van der Waals surface area contributed by atoms with Gasteiger partial charge in [0, 0.05) is 67.7 Å². The first kappa shape index (κ1) is 54.6. The maximum Gasteiger partial charge on any atom is 0.238 e. The van der Waals surface area contributed by atoms with Gasteiger partial charge in [-0.3, -0.25) is 14.5 Å². The minimum absolute atomic E-state index is 0.199. The largest absolute Gasteiger partial charge is 0.480 e. The van der Waals surface area contributed by atoms with Crippen LogP contribution in [-0.2, 0) is 21.3 Å². The average Bonchev–Trinajstić information content (AvgIpc) is 3.42. The normalized spacial score (nSPS) is 24.0. The zero-order chi connectivity index (χ0) is 49.1. The van der Waals surface area contributed by atoms with E-state index in [2.05, 4.69) is 53.3 Å². The van der Waals surface area contributed by atoms with Gasteiger partial charge in [-0.05, 0) is 135 Å². The summed E-state index contributed by atoms with van der Waals surface area (Å²) in [6.45, 7) is 24.2. The predicted molar refractivity (Wildman–Crippen MR) is 288 cm³/mol. The van der Waals surface area contributed by atoms with E-state index in [-0.39, 0.29) is 11.6 Å². The fourth-order valence-corrected chi connectivity index (χ4v) is 12.7. The molecule has 0 bridgehead atoms. The first-order chi connectivity index (χ1) is 34.2. The molecular weight excluding hydrogens is 897 g/mol. The summed E-state index contributed by atoms with van der Waals surface area (Å²) in [4.78, 5) is 29.3. The lowest BCUT2D eigenvalue weighted by atomic mass is 9.93. The Balaban J connectivity index is 0.000000208. The van der Waals surface area contributed by atoms with Crippen LogP contribution in [0.25, 0.3) is 22.2 Å². The first-order valence-corrected chi connectivity index (χ1v) is 30.1. The van der Waals surface area contributed by atoms with Crippen molar-refractivity contribution in [1.82, 2.24) is 34.6 Å². The molecule has 3 aromatic rings. The molecule has 7 fully saturated rings. The second-order valence-electron chi connectivity index (χ2n) is 20.9. The molecule has 0 atom stereocenters. The van der Waals surface area contributed by atoms with E-state index < -0.39 is 10.0 Å². The zero-order valence-electron chi connectivity index (χ0n) is 44.3. The van der Waals surface area contributed by atoms with E-state index in [0.29, 0.717) is 49.6 Å². The smallest absolute Gasteiger partial charge is 0.238 e. The van der Waals surface area contributed by atoms with Gasteiger partial charge < -0.3 is 29.1 Å². The number of anilines is 2. The van der Waals surface area contributed by atoms with E-state index in [1.165, 1.54) is 182 Å². The van der Waals surface area contributed by atoms with Crippen LogP contribution in [0.4, 0.5) is 11.6 Å². The molecule has 2 aromatic heterocycles. The maximum atomic E-state index is 12.1. The fraction of sp³-hybridized carbons (Fsp3) is 0.764. The number of piperidine rings is 5. The Bertz CT molecular complexity index is 2070. The highest BCUT2D eigenvalue weighted by atomic mass is 32.2. The fourth-order valence-electron chi connectivity index (χ4n) is 12.2. The molecule has 6 saturated heterocycles. The van der Waals surface area contributed by atoms with Crippen LogP contribution < -0.4 is 19.3 Å². The lowest BCUT2D eigenvalue weighted by molar-refractivity contribution is -0.903. The minimum Gasteiger partial charge on any atom is -0.480 e. The predicted octanol–water partition coefficient (Wildman–Crippen LogP) is 7.73. The quantitative estimate of drug-likeness (QED) is 0.196. The molecule has 2 N–H and O–H groups in total. The van der Waals surface area contributed by atoms with Crippen molar-refractivity contribution >= 4 is 32.6 Å². The van der Waals surface area contributed by atoms with Crippen LogP contribution in [-0.4, -0.2) is 173 Å². The van der Waals surface area contributed by atoms with Gasteiger partial charge in [0.25, 0.3) is 0 Å². The van der Waals surface area contributed by atoms with Crippen molar-refractivity contribution in [1.29, 1.82) is 0 Å². The number of nitrogens with zero attached hydrogens (tertiary/aromatic N) is 8. The highest BCUT2D eigenvalue weighted by Crippen LogP contribution is 2.35. The van der Waals surface area contributed by atoms with Crippen molar-refractivity contribution in [2.45, 2.75) is 161 Å². The third kappa shape index (κ3) is 15.9. The molecule has 0 unspecified atom stereocenters. The van der Waals surface area contributed by atoms with Gasteiger partial charge in [-0.2, -0.15) is 0 Å². The number of sulfonamides is 1. The summed E-state index contributed by atoms with van der Waals surface area (Å²) in [6, 6.07) is 10.6. The summed E-state index contributed by atoms with van der Waals surface area (Å²) < 4.78 is 37.6. The number of benzene rings is 1. The number of nitrogens with one attached hydrogen (secondary N) is 2. The van der Waals surface area contributed by atoms with Gasteiger partial charge in [-0.15, -0.1) is 0 Å². The number of ether oxygens (including phenoxy) is 2. The van der Waals surface area contributed by atoms with Gasteiger partial charge in [-0.1, -0.05) is 70.6 Å². The zero-order valence-corrected chi connectivity index (χ0v) is 45.1. The molecular formula is C55H93N10O4S+. The Labute approximate surface area is 423 Å². The summed E-state index contributed by atoms with van der Waals surface area (Å²) in [5.74, 6) is 0.843. The number of pyridine rings is 1. The SMILES string of the molecule is C1CCC(N2CCCCC2)CC1.CC.CC[NH+]1CCC(N2CCCCC2)CC1.COc1ncc(-c2nc(N3CCOCC3)nc3c(CN4CCC(N5CCCCC5)CC4)cccc23)cc1NS(C)(=O)=O. The summed E-state index contributed by atoms with van der Waals surface area (Å²) >= 11 is 0. The maximum absolute atomic E-state index is 12.1. The molecule has 0 spiro atoms. The number of quaternary nitrogens is 1. The number of morpholine rings is 1. The van der Waals surface area contributed by atoms with Gasteiger partial charge in [0.15, 0.2) is 0 Å². The number of fused-ring (bicyclic) bond motifs is 1. The van der Waals surface area contributed by atoms with Crippen molar-refractivity contribution in [2.75, 3.05) is 121 Å². The molecule has 392 valence electrons. The van der Waals surface area contributed by atoms with Crippen molar-refractivity contribution in [3.8, 4) is 17.1 Å². The highest BCUT2D eigenvalue weighted by molar-refractivity contribution is 7.92. The lowest BCUT2D eigenvalue weighted by Gasteiger charge is -2.40. The monoisotopic (exact) mass is 990 g/mol. The Hall–Kier alpha value is -3.18. The molecule has 0 amide bonds. The molecule has 7 aliphatic rings. The molecule has 1 aromatic carbocycles. The van der Waals surface area contributed by atoms with Crippen LogP contribution in [0.3, 0.4) is 0 Å². The lowest BCUT2D eigenvalue weighted by Crippen LogP contribution is -3.13. The van der Waals surface area contributed by atoms with Gasteiger partial charge >= 0.3 is 0 Å². The van der Waals surface area contributed by atoms with Crippen LogP contribution in [0.15, 0.2) is 30.5 Å². The van der Waals surface area contributed by atoms with E-state index in [4.69, 9.17) is 19.4 Å². The van der Waals surface area contributed by atoms with E-state index in [0.717, 1.165) is 54.4 Å². The summed E-state index contributed by atoms with van der Waals surface area (Å²) in [5, 5.41) is 0.907. The average molecular weight is 990 g/mol. The van der Waals surface area contributed by atoms with Crippen molar-refractivity contribution < 1.29 is 22.8 Å². The molecule has 6 aliphatic heterocycles. The van der Waals surface area contributed by atoms with E-state index >= 15 is 0 Å². The highest BCUT2D eigenvalue weighted by Gasteiger charge is 2.29.